The minimum absolute atomic E-state index is 0.816. The minimum Gasteiger partial charge on any atom is -0.140 e. The molecule has 0 N–H and O–H groups in total. The molecule has 1 fully saturated rings. The highest BCUT2D eigenvalue weighted by Crippen LogP contribution is 2.40. The largest absolute Gasteiger partial charge is 0.140 e. The fourth-order valence-corrected chi connectivity index (χ4v) is 6.44. The first kappa shape index (κ1) is 7.51. The molecule has 48 valence electrons. The van der Waals surface area contributed by atoms with Crippen LogP contribution in [0.15, 0.2) is 0 Å². The van der Waals surface area contributed by atoms with E-state index in [0.717, 1.165) is 3.91 Å². The molecule has 0 bridgehead atoms. The Morgan fingerprint density at radius 2 is 2.00 bits per heavy atom. The number of hydrogen-bond donors (Lipinski definition) is 0. The van der Waals surface area contributed by atoms with Gasteiger partial charge in [-0.15, -0.1) is 47.0 Å². The molecule has 0 atom stereocenters. The van der Waals surface area contributed by atoms with Crippen LogP contribution in [0.2, 0.25) is 0 Å². The van der Waals surface area contributed by atoms with Gasteiger partial charge in [0.15, 0.2) is 0 Å². The smallest absolute Gasteiger partial charge is 0.0969 e. The molecule has 0 spiro atoms. The van der Waals surface area contributed by atoms with Crippen LogP contribution < -0.4 is 0 Å². The Labute approximate surface area is 67.3 Å². The van der Waals surface area contributed by atoms with Gasteiger partial charge in [0, 0.05) is 10.2 Å². The average molecular weight is 184 g/mol. The Kier molecular flexibility index (Phi) is 3.99. The second-order valence-electron chi connectivity index (χ2n) is 1.30. The van der Waals surface area contributed by atoms with Crippen molar-refractivity contribution in [3.63, 3.8) is 0 Å². The number of hydrogen-bond acceptors (Lipinski definition) is 4. The predicted octanol–water partition coefficient (Wildman–Crippen LogP) is 2.76. The minimum atomic E-state index is 0.816. The standard InChI is InChI=1S/C4H8S4/c1-5-4-7-2-6-3-8-4/h4H,2-3H2,1H3. The Balaban J connectivity index is 2.13. The van der Waals surface area contributed by atoms with Crippen molar-refractivity contribution >= 4 is 47.0 Å². The lowest BCUT2D eigenvalue weighted by atomic mass is 11.8. The van der Waals surface area contributed by atoms with Crippen molar-refractivity contribution in [1.29, 1.82) is 0 Å². The fourth-order valence-electron chi connectivity index (χ4n) is 0.426. The number of thioether (sulfide) groups is 4. The van der Waals surface area contributed by atoms with E-state index in [9.17, 15) is 0 Å². The molecule has 0 aliphatic carbocycles. The molecule has 1 heterocycles. The summed E-state index contributed by atoms with van der Waals surface area (Å²) in [6.45, 7) is 0. The van der Waals surface area contributed by atoms with Gasteiger partial charge in [0.1, 0.15) is 0 Å². The van der Waals surface area contributed by atoms with Crippen LogP contribution in [-0.4, -0.2) is 20.3 Å². The van der Waals surface area contributed by atoms with Gasteiger partial charge in [-0.05, 0) is 6.26 Å². The summed E-state index contributed by atoms with van der Waals surface area (Å²) in [6.07, 6.45) is 2.18. The van der Waals surface area contributed by atoms with E-state index < -0.39 is 0 Å². The lowest BCUT2D eigenvalue weighted by molar-refractivity contribution is 1.94. The molecule has 4 heteroatoms. The lowest BCUT2D eigenvalue weighted by Crippen LogP contribution is -1.95. The van der Waals surface area contributed by atoms with Crippen LogP contribution >= 0.6 is 47.0 Å². The zero-order valence-electron chi connectivity index (χ0n) is 4.62. The van der Waals surface area contributed by atoms with E-state index in [-0.39, 0.29) is 0 Å². The Hall–Kier alpha value is 1.40. The van der Waals surface area contributed by atoms with Gasteiger partial charge < -0.3 is 0 Å². The van der Waals surface area contributed by atoms with Gasteiger partial charge in [-0.25, -0.2) is 0 Å². The van der Waals surface area contributed by atoms with Gasteiger partial charge in [0.25, 0.3) is 0 Å². The number of rotatable bonds is 1. The molecule has 1 saturated heterocycles. The maximum absolute atomic E-state index is 2.18. The van der Waals surface area contributed by atoms with Crippen LogP contribution in [0, 0.1) is 0 Å². The quantitative estimate of drug-likeness (QED) is 0.614. The molecule has 0 amide bonds. The van der Waals surface area contributed by atoms with Gasteiger partial charge in [0.2, 0.25) is 0 Å². The molecule has 0 saturated carbocycles. The van der Waals surface area contributed by atoms with Crippen molar-refractivity contribution in [1.82, 2.24) is 0 Å². The van der Waals surface area contributed by atoms with Crippen molar-refractivity contribution < 1.29 is 0 Å². The second-order valence-corrected chi connectivity index (χ2v) is 7.04. The lowest BCUT2D eigenvalue weighted by Gasteiger charge is -2.17. The normalized spacial score (nSPS) is 23.6. The SMILES string of the molecule is CSC1SCSCS1. The fraction of sp³-hybridized carbons (Fsp3) is 1.00. The van der Waals surface area contributed by atoms with E-state index in [1.54, 1.807) is 0 Å². The third-order valence-electron chi connectivity index (χ3n) is 0.767. The summed E-state index contributed by atoms with van der Waals surface area (Å²) in [5.74, 6) is 0. The van der Waals surface area contributed by atoms with Gasteiger partial charge >= 0.3 is 0 Å². The van der Waals surface area contributed by atoms with Crippen molar-refractivity contribution in [3.8, 4) is 0 Å². The van der Waals surface area contributed by atoms with Crippen LogP contribution in [0.3, 0.4) is 0 Å². The van der Waals surface area contributed by atoms with Crippen LogP contribution in [-0.2, 0) is 0 Å². The summed E-state index contributed by atoms with van der Waals surface area (Å²) < 4.78 is 0.816. The van der Waals surface area contributed by atoms with Crippen molar-refractivity contribution in [2.45, 2.75) is 3.91 Å². The van der Waals surface area contributed by atoms with Gasteiger partial charge in [-0.2, -0.15) is 0 Å². The molecule has 0 aromatic rings. The first-order valence-electron chi connectivity index (χ1n) is 2.27. The third-order valence-corrected chi connectivity index (χ3v) is 6.91. The molecule has 0 aromatic carbocycles. The maximum Gasteiger partial charge on any atom is 0.0969 e. The summed E-state index contributed by atoms with van der Waals surface area (Å²) in [4.78, 5) is 0. The summed E-state index contributed by atoms with van der Waals surface area (Å²) in [7, 11) is 0. The van der Waals surface area contributed by atoms with E-state index in [2.05, 4.69) is 29.8 Å². The zero-order chi connectivity index (χ0) is 5.82. The maximum atomic E-state index is 2.18. The summed E-state index contributed by atoms with van der Waals surface area (Å²) in [5, 5.41) is 2.58. The van der Waals surface area contributed by atoms with E-state index in [1.165, 1.54) is 10.2 Å². The van der Waals surface area contributed by atoms with Gasteiger partial charge in [-0.3, -0.25) is 0 Å². The molecule has 0 radical (unpaired) electrons. The second kappa shape index (κ2) is 4.25. The third kappa shape index (κ3) is 2.33. The van der Waals surface area contributed by atoms with E-state index in [1.807, 2.05) is 23.5 Å². The van der Waals surface area contributed by atoms with Crippen molar-refractivity contribution in [2.24, 2.45) is 0 Å². The van der Waals surface area contributed by atoms with Crippen molar-refractivity contribution in [2.75, 3.05) is 16.4 Å². The van der Waals surface area contributed by atoms with E-state index in [0.29, 0.717) is 0 Å². The molecule has 0 nitrogen and oxygen atoms in total. The average Bonchev–Trinajstić information content (AvgIpc) is 1.90. The molecule has 1 aliphatic rings. The molecule has 8 heavy (non-hydrogen) atoms. The van der Waals surface area contributed by atoms with E-state index >= 15 is 0 Å². The zero-order valence-corrected chi connectivity index (χ0v) is 7.89. The van der Waals surface area contributed by atoms with Gasteiger partial charge in [0.05, 0.1) is 3.91 Å². The molecule has 1 aliphatic heterocycles. The molecular formula is C4H8S4. The van der Waals surface area contributed by atoms with Crippen LogP contribution in [0.4, 0.5) is 0 Å². The molecular weight excluding hydrogens is 176 g/mol. The topological polar surface area (TPSA) is 0 Å². The van der Waals surface area contributed by atoms with Gasteiger partial charge in [-0.1, -0.05) is 0 Å². The highest BCUT2D eigenvalue weighted by atomic mass is 32.3. The summed E-state index contributed by atoms with van der Waals surface area (Å²) in [5.41, 5.74) is 0. The highest BCUT2D eigenvalue weighted by Gasteiger charge is 2.11. The highest BCUT2D eigenvalue weighted by molar-refractivity contribution is 8.40. The van der Waals surface area contributed by atoms with Crippen molar-refractivity contribution in [3.05, 3.63) is 0 Å². The first-order chi connectivity index (χ1) is 3.93. The molecule has 0 aromatic heterocycles. The van der Waals surface area contributed by atoms with Crippen LogP contribution in [0.5, 0.6) is 0 Å². The molecule has 0 unspecified atom stereocenters. The van der Waals surface area contributed by atoms with Crippen LogP contribution in [0.25, 0.3) is 0 Å². The first-order valence-corrected chi connectivity index (χ1v) is 6.81. The Morgan fingerprint density at radius 3 is 2.38 bits per heavy atom. The molecule has 1 rings (SSSR count). The van der Waals surface area contributed by atoms with Crippen LogP contribution in [0.1, 0.15) is 0 Å². The Bertz CT molecular complexity index is 59.1. The summed E-state index contributed by atoms with van der Waals surface area (Å²) in [6, 6.07) is 0. The predicted molar refractivity (Wildman–Crippen MR) is 49.8 cm³/mol. The van der Waals surface area contributed by atoms with E-state index in [4.69, 9.17) is 0 Å². The monoisotopic (exact) mass is 184 g/mol. The Morgan fingerprint density at radius 1 is 1.38 bits per heavy atom. The summed E-state index contributed by atoms with van der Waals surface area (Å²) >= 11 is 8.09.